The molecule has 6 nitrogen and oxygen atoms in total. The number of carbonyl (C=O) groups excluding carboxylic acids is 1. The van der Waals surface area contributed by atoms with Crippen LogP contribution in [-0.4, -0.2) is 44.5 Å². The topological polar surface area (TPSA) is 75.7 Å². The fourth-order valence-corrected chi connectivity index (χ4v) is 4.26. The van der Waals surface area contributed by atoms with Gasteiger partial charge < -0.3 is 9.64 Å². The second-order valence-electron chi connectivity index (χ2n) is 6.97. The van der Waals surface area contributed by atoms with Crippen molar-refractivity contribution in [2.75, 3.05) is 17.8 Å². The average Bonchev–Trinajstić information content (AvgIpc) is 2.62. The lowest BCUT2D eigenvalue weighted by atomic mass is 10.1. The number of carbonyl (C=O) groups is 1. The van der Waals surface area contributed by atoms with Crippen LogP contribution in [0.5, 0.6) is 0 Å². The number of nitrogens with zero attached hydrogens (tertiary/aromatic N) is 1. The third-order valence-electron chi connectivity index (χ3n) is 4.40. The van der Waals surface area contributed by atoms with Crippen LogP contribution < -0.4 is 4.72 Å². The number of benzene rings is 2. The molecule has 144 valence electrons. The average molecular weight is 388 g/mol. The van der Waals surface area contributed by atoms with Gasteiger partial charge in [-0.15, -0.1) is 0 Å². The van der Waals surface area contributed by atoms with Crippen LogP contribution >= 0.6 is 0 Å². The van der Waals surface area contributed by atoms with E-state index in [0.29, 0.717) is 24.3 Å². The quantitative estimate of drug-likeness (QED) is 0.873. The zero-order valence-electron chi connectivity index (χ0n) is 15.7. The first-order valence-electron chi connectivity index (χ1n) is 8.89. The monoisotopic (exact) mass is 388 g/mol. The van der Waals surface area contributed by atoms with E-state index in [1.54, 1.807) is 29.2 Å². The molecular weight excluding hydrogens is 364 g/mol. The zero-order chi connectivity index (χ0) is 19.6. The highest BCUT2D eigenvalue weighted by Gasteiger charge is 2.27. The highest BCUT2D eigenvalue weighted by molar-refractivity contribution is 7.92. The summed E-state index contributed by atoms with van der Waals surface area (Å²) in [4.78, 5) is 14.6. The highest BCUT2D eigenvalue weighted by atomic mass is 32.2. The summed E-state index contributed by atoms with van der Waals surface area (Å²) in [6.07, 6.45) is -0.0966. The van der Waals surface area contributed by atoms with Crippen LogP contribution in [-0.2, 0) is 14.8 Å². The summed E-state index contributed by atoms with van der Waals surface area (Å²) < 4.78 is 33.6. The number of aryl methyl sites for hydroxylation is 1. The molecule has 0 aromatic heterocycles. The number of morpholine rings is 1. The minimum Gasteiger partial charge on any atom is -0.372 e. The SMILES string of the molecule is Cc1ccc(NS(=O)(=O)c2cccc(C(=O)N3C[C@H](C)O[C@@H](C)C3)c2)cc1. The molecule has 1 amide bonds. The Morgan fingerprint density at radius 1 is 1.07 bits per heavy atom. The lowest BCUT2D eigenvalue weighted by Gasteiger charge is -2.35. The number of ether oxygens (including phenoxy) is 1. The van der Waals surface area contributed by atoms with Crippen LogP contribution in [0, 0.1) is 6.92 Å². The van der Waals surface area contributed by atoms with E-state index in [2.05, 4.69) is 4.72 Å². The molecule has 0 radical (unpaired) electrons. The van der Waals surface area contributed by atoms with Gasteiger partial charge in [-0.25, -0.2) is 8.42 Å². The van der Waals surface area contributed by atoms with Crippen LogP contribution in [0.3, 0.4) is 0 Å². The molecule has 1 saturated heterocycles. The van der Waals surface area contributed by atoms with E-state index in [4.69, 9.17) is 4.74 Å². The van der Waals surface area contributed by atoms with E-state index in [1.165, 1.54) is 12.1 Å². The number of rotatable bonds is 4. The molecule has 0 unspecified atom stereocenters. The van der Waals surface area contributed by atoms with Crippen molar-refractivity contribution in [3.05, 3.63) is 59.7 Å². The summed E-state index contributed by atoms with van der Waals surface area (Å²) in [5, 5.41) is 0. The van der Waals surface area contributed by atoms with Crippen molar-refractivity contribution >= 4 is 21.6 Å². The fraction of sp³-hybridized carbons (Fsp3) is 0.350. The van der Waals surface area contributed by atoms with Gasteiger partial charge in [0.25, 0.3) is 15.9 Å². The Hall–Kier alpha value is -2.38. The van der Waals surface area contributed by atoms with Gasteiger partial charge in [0.15, 0.2) is 0 Å². The number of hydrogen-bond donors (Lipinski definition) is 1. The van der Waals surface area contributed by atoms with Crippen molar-refractivity contribution in [1.29, 1.82) is 0 Å². The van der Waals surface area contributed by atoms with Crippen LogP contribution in [0.15, 0.2) is 53.4 Å². The molecule has 2 aromatic carbocycles. The highest BCUT2D eigenvalue weighted by Crippen LogP contribution is 2.20. The van der Waals surface area contributed by atoms with Crippen molar-refractivity contribution in [3.63, 3.8) is 0 Å². The predicted octanol–water partition coefficient (Wildman–Crippen LogP) is 3.05. The first-order chi connectivity index (χ1) is 12.7. The molecule has 1 aliphatic heterocycles. The Morgan fingerprint density at radius 3 is 2.33 bits per heavy atom. The Balaban J connectivity index is 1.82. The van der Waals surface area contributed by atoms with E-state index in [-0.39, 0.29) is 23.0 Å². The summed E-state index contributed by atoms with van der Waals surface area (Å²) in [6, 6.07) is 13.2. The molecule has 0 spiro atoms. The Labute approximate surface area is 160 Å². The molecule has 0 aliphatic carbocycles. The minimum atomic E-state index is -3.78. The van der Waals surface area contributed by atoms with Gasteiger partial charge in [-0.05, 0) is 51.1 Å². The van der Waals surface area contributed by atoms with Crippen LogP contribution in [0.4, 0.5) is 5.69 Å². The van der Waals surface area contributed by atoms with E-state index >= 15 is 0 Å². The molecule has 1 heterocycles. The second kappa shape index (κ2) is 7.70. The molecule has 1 fully saturated rings. The van der Waals surface area contributed by atoms with Gasteiger partial charge in [-0.3, -0.25) is 9.52 Å². The Morgan fingerprint density at radius 2 is 1.70 bits per heavy atom. The van der Waals surface area contributed by atoms with E-state index in [0.717, 1.165) is 5.56 Å². The number of hydrogen-bond acceptors (Lipinski definition) is 4. The fourth-order valence-electron chi connectivity index (χ4n) is 3.16. The maximum absolute atomic E-state index is 12.8. The van der Waals surface area contributed by atoms with Gasteiger partial charge in [0.1, 0.15) is 0 Å². The smallest absolute Gasteiger partial charge is 0.261 e. The van der Waals surface area contributed by atoms with Crippen molar-refractivity contribution in [1.82, 2.24) is 4.90 Å². The summed E-state index contributed by atoms with van der Waals surface area (Å²) in [5.74, 6) is -0.190. The molecule has 1 aliphatic rings. The number of sulfonamides is 1. The minimum absolute atomic E-state index is 0.0483. The van der Waals surface area contributed by atoms with Gasteiger partial charge in [-0.1, -0.05) is 23.8 Å². The molecule has 1 N–H and O–H groups in total. The van der Waals surface area contributed by atoms with Crippen molar-refractivity contribution in [3.8, 4) is 0 Å². The molecule has 0 saturated carbocycles. The largest absolute Gasteiger partial charge is 0.372 e. The van der Waals surface area contributed by atoms with Crippen molar-refractivity contribution in [2.45, 2.75) is 37.9 Å². The van der Waals surface area contributed by atoms with E-state index in [9.17, 15) is 13.2 Å². The van der Waals surface area contributed by atoms with Crippen molar-refractivity contribution in [2.24, 2.45) is 0 Å². The van der Waals surface area contributed by atoms with Gasteiger partial charge in [0.05, 0.1) is 17.1 Å². The normalized spacial score (nSPS) is 20.3. The molecule has 7 heteroatoms. The Bertz CT molecular complexity index is 915. The van der Waals surface area contributed by atoms with Gasteiger partial charge in [-0.2, -0.15) is 0 Å². The molecule has 0 bridgehead atoms. The lowest BCUT2D eigenvalue weighted by molar-refractivity contribution is -0.0586. The maximum Gasteiger partial charge on any atom is 0.261 e. The molecular formula is C20H24N2O4S. The first-order valence-corrected chi connectivity index (χ1v) is 10.4. The first kappa shape index (κ1) is 19.4. The Kier molecular flexibility index (Phi) is 5.53. The molecule has 2 atom stereocenters. The molecule has 27 heavy (non-hydrogen) atoms. The summed E-state index contributed by atoms with van der Waals surface area (Å²) in [7, 11) is -3.78. The van der Waals surface area contributed by atoms with Gasteiger partial charge in [0.2, 0.25) is 0 Å². The summed E-state index contributed by atoms with van der Waals surface area (Å²) >= 11 is 0. The van der Waals surface area contributed by atoms with Crippen LogP contribution in [0.1, 0.15) is 29.8 Å². The second-order valence-corrected chi connectivity index (χ2v) is 8.65. The van der Waals surface area contributed by atoms with Gasteiger partial charge >= 0.3 is 0 Å². The summed E-state index contributed by atoms with van der Waals surface area (Å²) in [5.41, 5.74) is 1.87. The number of nitrogens with one attached hydrogen (secondary N) is 1. The predicted molar refractivity (Wildman–Crippen MR) is 104 cm³/mol. The molecule has 2 aromatic rings. The van der Waals surface area contributed by atoms with Gasteiger partial charge in [0, 0.05) is 24.3 Å². The third-order valence-corrected chi connectivity index (χ3v) is 5.78. The zero-order valence-corrected chi connectivity index (χ0v) is 16.5. The molecule has 3 rings (SSSR count). The number of anilines is 1. The lowest BCUT2D eigenvalue weighted by Crippen LogP contribution is -2.48. The summed E-state index contributed by atoms with van der Waals surface area (Å²) in [6.45, 7) is 6.74. The van der Waals surface area contributed by atoms with Crippen LogP contribution in [0.25, 0.3) is 0 Å². The number of amides is 1. The standard InChI is InChI=1S/C20H24N2O4S/c1-14-7-9-18(10-8-14)21-27(24,25)19-6-4-5-17(11-19)20(23)22-12-15(2)26-16(3)13-22/h4-11,15-16,21H,12-13H2,1-3H3/t15-,16-/m0/s1. The van der Waals surface area contributed by atoms with E-state index < -0.39 is 10.0 Å². The van der Waals surface area contributed by atoms with Crippen molar-refractivity contribution < 1.29 is 17.9 Å². The van der Waals surface area contributed by atoms with Crippen LogP contribution in [0.2, 0.25) is 0 Å². The van der Waals surface area contributed by atoms with E-state index in [1.807, 2.05) is 32.9 Å². The maximum atomic E-state index is 12.8. The third kappa shape index (κ3) is 4.67.